The number of aryl methyl sites for hydroxylation is 1. The second kappa shape index (κ2) is 7.31. The number of hydrogen-bond donors (Lipinski definition) is 1. The van der Waals surface area contributed by atoms with Crippen molar-refractivity contribution in [3.8, 4) is 0 Å². The molecule has 3 heterocycles. The number of oxazole rings is 1. The number of sulfonamides is 1. The number of amides is 1. The van der Waals surface area contributed by atoms with Crippen molar-refractivity contribution in [2.24, 2.45) is 0 Å². The van der Waals surface area contributed by atoms with Gasteiger partial charge in [0.25, 0.3) is 5.91 Å². The van der Waals surface area contributed by atoms with Gasteiger partial charge < -0.3 is 14.2 Å². The van der Waals surface area contributed by atoms with E-state index in [2.05, 4.69) is 10.3 Å². The second-order valence-electron chi connectivity index (χ2n) is 7.49. The number of hydrogen-bond acceptors (Lipinski definition) is 6. The molecule has 2 aromatic heterocycles. The van der Waals surface area contributed by atoms with Gasteiger partial charge in [-0.05, 0) is 38.0 Å². The van der Waals surface area contributed by atoms with E-state index >= 15 is 0 Å². The van der Waals surface area contributed by atoms with Crippen LogP contribution < -0.4 is 5.32 Å². The van der Waals surface area contributed by atoms with Gasteiger partial charge in [0.2, 0.25) is 10.0 Å². The van der Waals surface area contributed by atoms with Gasteiger partial charge in [-0.2, -0.15) is 4.31 Å². The third-order valence-corrected chi connectivity index (χ3v) is 6.94. The first kappa shape index (κ1) is 19.7. The van der Waals surface area contributed by atoms with E-state index in [4.69, 9.17) is 8.83 Å². The maximum Gasteiger partial charge on any atom is 0.291 e. The molecule has 1 N–H and O–H groups in total. The molecular formula is C20H23N3O5S. The quantitative estimate of drug-likeness (QED) is 0.675. The topological polar surface area (TPSA) is 106 Å². The fourth-order valence-corrected chi connectivity index (χ4v) is 5.04. The molecule has 154 valence electrons. The highest BCUT2D eigenvalue weighted by atomic mass is 32.2. The molecule has 0 spiro atoms. The molecule has 1 saturated heterocycles. The SMILES string of the molecule is Cc1oc(C(=O)Nc2ccc3oc(C(C)C)nc3c2)cc1S(=O)(=O)N1CCCC1. The number of rotatable bonds is 5. The number of anilines is 1. The maximum atomic E-state index is 12.8. The molecule has 0 saturated carbocycles. The number of carbonyl (C=O) groups excluding carboxylic acids is 1. The number of furan rings is 1. The Labute approximate surface area is 168 Å². The lowest BCUT2D eigenvalue weighted by Crippen LogP contribution is -2.28. The average Bonchev–Trinajstić information content (AvgIpc) is 3.40. The molecule has 9 heteroatoms. The Kier molecular flexibility index (Phi) is 4.95. The van der Waals surface area contributed by atoms with Crippen LogP contribution in [0.4, 0.5) is 5.69 Å². The van der Waals surface area contributed by atoms with E-state index in [0.717, 1.165) is 12.8 Å². The van der Waals surface area contributed by atoms with Crippen molar-refractivity contribution in [3.63, 3.8) is 0 Å². The Morgan fingerprint density at radius 2 is 1.90 bits per heavy atom. The summed E-state index contributed by atoms with van der Waals surface area (Å²) < 4.78 is 38.1. The van der Waals surface area contributed by atoms with Crippen LogP contribution in [0.5, 0.6) is 0 Å². The molecule has 0 unspecified atom stereocenters. The summed E-state index contributed by atoms with van der Waals surface area (Å²) >= 11 is 0. The number of nitrogens with one attached hydrogen (secondary N) is 1. The highest BCUT2D eigenvalue weighted by Crippen LogP contribution is 2.28. The van der Waals surface area contributed by atoms with Crippen LogP contribution >= 0.6 is 0 Å². The van der Waals surface area contributed by atoms with Gasteiger partial charge in [0.15, 0.2) is 17.2 Å². The monoisotopic (exact) mass is 417 g/mol. The number of fused-ring (bicyclic) bond motifs is 1. The highest BCUT2D eigenvalue weighted by Gasteiger charge is 2.31. The summed E-state index contributed by atoms with van der Waals surface area (Å²) in [5.41, 5.74) is 1.79. The number of aromatic nitrogens is 1. The van der Waals surface area contributed by atoms with E-state index in [1.165, 1.54) is 10.4 Å². The largest absolute Gasteiger partial charge is 0.455 e. The van der Waals surface area contributed by atoms with Gasteiger partial charge in [-0.1, -0.05) is 13.8 Å². The summed E-state index contributed by atoms with van der Waals surface area (Å²) in [5.74, 6) is 0.409. The summed E-state index contributed by atoms with van der Waals surface area (Å²) in [5, 5.41) is 2.73. The molecule has 4 rings (SSSR count). The second-order valence-corrected chi connectivity index (χ2v) is 9.39. The highest BCUT2D eigenvalue weighted by molar-refractivity contribution is 7.89. The van der Waals surface area contributed by atoms with Gasteiger partial charge in [-0.3, -0.25) is 4.79 Å². The summed E-state index contributed by atoms with van der Waals surface area (Å²) in [7, 11) is -3.65. The van der Waals surface area contributed by atoms with Crippen molar-refractivity contribution < 1.29 is 22.0 Å². The van der Waals surface area contributed by atoms with Crippen LogP contribution in [-0.2, 0) is 10.0 Å². The molecule has 0 radical (unpaired) electrons. The molecule has 1 fully saturated rings. The van der Waals surface area contributed by atoms with Crippen LogP contribution in [0.25, 0.3) is 11.1 Å². The Morgan fingerprint density at radius 1 is 1.17 bits per heavy atom. The summed E-state index contributed by atoms with van der Waals surface area (Å²) in [6.45, 7) is 6.50. The molecule has 0 aliphatic carbocycles. The lowest BCUT2D eigenvalue weighted by atomic mass is 10.2. The third kappa shape index (κ3) is 3.67. The van der Waals surface area contributed by atoms with Crippen molar-refractivity contribution >= 4 is 32.7 Å². The lowest BCUT2D eigenvalue weighted by molar-refractivity contribution is 0.0995. The Bertz CT molecular complexity index is 1170. The minimum Gasteiger partial charge on any atom is -0.455 e. The predicted molar refractivity (Wildman–Crippen MR) is 107 cm³/mol. The van der Waals surface area contributed by atoms with Crippen LogP contribution in [0.1, 0.15) is 54.8 Å². The molecule has 3 aromatic rings. The first-order chi connectivity index (χ1) is 13.8. The molecule has 0 atom stereocenters. The summed E-state index contributed by atoms with van der Waals surface area (Å²) in [6.07, 6.45) is 1.68. The molecule has 1 amide bonds. The molecule has 8 nitrogen and oxygen atoms in total. The van der Waals surface area contributed by atoms with Crippen LogP contribution in [0.3, 0.4) is 0 Å². The number of benzene rings is 1. The minimum absolute atomic E-state index is 0.0399. The first-order valence-corrected chi connectivity index (χ1v) is 11.0. The Balaban J connectivity index is 1.57. The lowest BCUT2D eigenvalue weighted by Gasteiger charge is -2.14. The van der Waals surface area contributed by atoms with E-state index in [1.807, 2.05) is 13.8 Å². The van der Waals surface area contributed by atoms with Crippen LogP contribution in [0, 0.1) is 6.92 Å². The minimum atomic E-state index is -3.65. The van der Waals surface area contributed by atoms with Crippen molar-refractivity contribution in [1.82, 2.24) is 9.29 Å². The molecule has 0 bridgehead atoms. The molecular weight excluding hydrogens is 394 g/mol. The smallest absolute Gasteiger partial charge is 0.291 e. The zero-order valence-electron chi connectivity index (χ0n) is 16.6. The van der Waals surface area contributed by atoms with Crippen LogP contribution in [0.2, 0.25) is 0 Å². The fourth-order valence-electron chi connectivity index (χ4n) is 3.36. The first-order valence-electron chi connectivity index (χ1n) is 9.58. The van der Waals surface area contributed by atoms with E-state index in [9.17, 15) is 13.2 Å². The van der Waals surface area contributed by atoms with Crippen LogP contribution in [-0.4, -0.2) is 36.7 Å². The van der Waals surface area contributed by atoms with Gasteiger partial charge in [0.1, 0.15) is 16.2 Å². The van der Waals surface area contributed by atoms with E-state index in [0.29, 0.717) is 35.8 Å². The summed E-state index contributed by atoms with van der Waals surface area (Å²) in [4.78, 5) is 17.1. The van der Waals surface area contributed by atoms with Gasteiger partial charge >= 0.3 is 0 Å². The van der Waals surface area contributed by atoms with E-state index in [-0.39, 0.29) is 22.3 Å². The molecule has 29 heavy (non-hydrogen) atoms. The van der Waals surface area contributed by atoms with E-state index < -0.39 is 15.9 Å². The Morgan fingerprint density at radius 3 is 2.59 bits per heavy atom. The maximum absolute atomic E-state index is 12.8. The van der Waals surface area contributed by atoms with Gasteiger partial charge in [0.05, 0.1) is 0 Å². The van der Waals surface area contributed by atoms with Gasteiger partial charge in [-0.25, -0.2) is 13.4 Å². The normalized spacial score (nSPS) is 15.4. The number of nitrogens with zero attached hydrogens (tertiary/aromatic N) is 2. The molecule has 1 aliphatic rings. The Hall–Kier alpha value is -2.65. The molecule has 1 aliphatic heterocycles. The van der Waals surface area contributed by atoms with Crippen molar-refractivity contribution in [2.75, 3.05) is 18.4 Å². The molecule has 1 aromatic carbocycles. The fraction of sp³-hybridized carbons (Fsp3) is 0.400. The zero-order valence-corrected chi connectivity index (χ0v) is 17.4. The summed E-state index contributed by atoms with van der Waals surface area (Å²) in [6, 6.07) is 6.44. The van der Waals surface area contributed by atoms with Crippen molar-refractivity contribution in [2.45, 2.75) is 44.4 Å². The van der Waals surface area contributed by atoms with Crippen molar-refractivity contribution in [3.05, 3.63) is 41.7 Å². The number of carbonyl (C=O) groups is 1. The van der Waals surface area contributed by atoms with Crippen LogP contribution in [0.15, 0.2) is 38.0 Å². The van der Waals surface area contributed by atoms with Crippen molar-refractivity contribution in [1.29, 1.82) is 0 Å². The average molecular weight is 417 g/mol. The predicted octanol–water partition coefficient (Wildman–Crippen LogP) is 3.89. The van der Waals surface area contributed by atoms with E-state index in [1.54, 1.807) is 25.1 Å². The van der Waals surface area contributed by atoms with Gasteiger partial charge in [0, 0.05) is 30.8 Å². The van der Waals surface area contributed by atoms with Gasteiger partial charge in [-0.15, -0.1) is 0 Å². The zero-order chi connectivity index (χ0) is 20.8. The third-order valence-electron chi connectivity index (χ3n) is 4.93. The standard InChI is InChI=1S/C20H23N3O5S/c1-12(2)20-22-15-10-14(6-7-16(15)28-20)21-19(24)17-11-18(13(3)27-17)29(25,26)23-8-4-5-9-23/h6-7,10-12H,4-5,8-9H2,1-3H3,(H,21,24).